The van der Waals surface area contributed by atoms with Crippen molar-refractivity contribution < 1.29 is 24.5 Å². The SMILES string of the molecule is CCCNc1nccc2c(C)c3[nH]c4ccc(OC)cc4c3c(C)c12.O=C(O)/C=C\C(=O)O. The Balaban J connectivity index is 0.000000331. The van der Waals surface area contributed by atoms with Crippen molar-refractivity contribution in [3.05, 3.63) is 53.7 Å². The maximum Gasteiger partial charge on any atom is 0.328 e. The lowest BCUT2D eigenvalue weighted by Gasteiger charge is -2.14. The molecule has 4 aromatic rings. The Morgan fingerprint density at radius 1 is 1.06 bits per heavy atom. The fraction of sp³-hybridized carbons (Fsp3) is 0.240. The molecule has 4 N–H and O–H groups in total. The largest absolute Gasteiger partial charge is 0.497 e. The maximum atomic E-state index is 9.55. The van der Waals surface area contributed by atoms with Gasteiger partial charge in [-0.05, 0) is 61.0 Å². The van der Waals surface area contributed by atoms with E-state index in [1.165, 1.54) is 38.2 Å². The van der Waals surface area contributed by atoms with Crippen molar-refractivity contribution in [1.82, 2.24) is 9.97 Å². The lowest BCUT2D eigenvalue weighted by Crippen LogP contribution is -2.03. The number of H-pyrrole nitrogens is 1. The number of carbonyl (C=O) groups is 2. The van der Waals surface area contributed by atoms with Crippen molar-refractivity contribution >= 4 is 50.3 Å². The smallest absolute Gasteiger partial charge is 0.328 e. The van der Waals surface area contributed by atoms with E-state index in [4.69, 9.17) is 14.9 Å². The molecule has 0 amide bonds. The summed E-state index contributed by atoms with van der Waals surface area (Å²) in [5.74, 6) is -0.667. The molecule has 0 aliphatic heterocycles. The molecule has 2 aromatic carbocycles. The van der Waals surface area contributed by atoms with E-state index >= 15 is 0 Å². The van der Waals surface area contributed by atoms with Crippen LogP contribution < -0.4 is 10.1 Å². The number of benzene rings is 2. The van der Waals surface area contributed by atoms with Crippen LogP contribution in [0.3, 0.4) is 0 Å². The minimum Gasteiger partial charge on any atom is -0.497 e. The molecule has 0 saturated carbocycles. The van der Waals surface area contributed by atoms with Crippen LogP contribution in [0.15, 0.2) is 42.6 Å². The average Bonchev–Trinajstić information content (AvgIpc) is 3.19. The van der Waals surface area contributed by atoms with Gasteiger partial charge in [-0.3, -0.25) is 0 Å². The Bertz CT molecular complexity index is 1360. The summed E-state index contributed by atoms with van der Waals surface area (Å²) in [4.78, 5) is 27.3. The molecule has 8 heteroatoms. The van der Waals surface area contributed by atoms with Gasteiger partial charge in [0.15, 0.2) is 0 Å². The number of hydrogen-bond acceptors (Lipinski definition) is 5. The molecule has 8 nitrogen and oxygen atoms in total. The molecule has 2 aromatic heterocycles. The molecule has 172 valence electrons. The highest BCUT2D eigenvalue weighted by Gasteiger charge is 2.17. The minimum absolute atomic E-state index is 0.558. The molecule has 0 saturated heterocycles. The second-order valence-electron chi connectivity index (χ2n) is 7.56. The van der Waals surface area contributed by atoms with Gasteiger partial charge in [0.1, 0.15) is 11.6 Å². The first-order valence-electron chi connectivity index (χ1n) is 10.5. The van der Waals surface area contributed by atoms with Crippen LogP contribution in [0.4, 0.5) is 5.82 Å². The summed E-state index contributed by atoms with van der Waals surface area (Å²) in [6, 6.07) is 8.31. The average molecular weight is 450 g/mol. The summed E-state index contributed by atoms with van der Waals surface area (Å²) in [5, 5.41) is 24.0. The fourth-order valence-electron chi connectivity index (χ4n) is 3.90. The Morgan fingerprint density at radius 3 is 2.36 bits per heavy atom. The summed E-state index contributed by atoms with van der Waals surface area (Å²) in [7, 11) is 1.71. The van der Waals surface area contributed by atoms with E-state index in [-0.39, 0.29) is 0 Å². The second-order valence-corrected chi connectivity index (χ2v) is 7.56. The van der Waals surface area contributed by atoms with Gasteiger partial charge in [-0.2, -0.15) is 0 Å². The molecule has 2 heterocycles. The molecule has 0 radical (unpaired) electrons. The number of ether oxygens (including phenoxy) is 1. The van der Waals surface area contributed by atoms with Crippen molar-refractivity contribution in [2.75, 3.05) is 19.0 Å². The molecule has 0 bridgehead atoms. The normalized spacial score (nSPS) is 11.0. The highest BCUT2D eigenvalue weighted by Crippen LogP contribution is 2.39. The summed E-state index contributed by atoms with van der Waals surface area (Å²) in [6.45, 7) is 7.46. The van der Waals surface area contributed by atoms with Crippen molar-refractivity contribution in [3.63, 3.8) is 0 Å². The van der Waals surface area contributed by atoms with Gasteiger partial charge in [0.2, 0.25) is 0 Å². The number of nitrogens with zero attached hydrogens (tertiary/aromatic N) is 1. The van der Waals surface area contributed by atoms with Gasteiger partial charge < -0.3 is 25.3 Å². The number of aromatic nitrogens is 2. The molecule has 4 rings (SSSR count). The molecular weight excluding hydrogens is 422 g/mol. The zero-order valence-corrected chi connectivity index (χ0v) is 19.0. The van der Waals surface area contributed by atoms with Gasteiger partial charge in [-0.1, -0.05) is 6.92 Å². The Hall–Kier alpha value is -4.07. The van der Waals surface area contributed by atoms with Gasteiger partial charge in [-0.25, -0.2) is 14.6 Å². The molecule has 0 fully saturated rings. The van der Waals surface area contributed by atoms with E-state index in [1.807, 2.05) is 12.3 Å². The van der Waals surface area contributed by atoms with Gasteiger partial charge in [0.25, 0.3) is 0 Å². The standard InChI is InChI=1S/C21H23N3O.C4H4O4/c1-5-9-22-21-19-13(3)18-16-11-14(25-4)6-7-17(16)24-20(18)12(2)15(19)8-10-23-21;5-3(6)1-2-4(7)8/h6-8,10-11,24H,5,9H2,1-4H3,(H,22,23);1-2H,(H,5,6)(H,7,8)/b;2-1-. The number of hydrogen-bond donors (Lipinski definition) is 4. The third-order valence-electron chi connectivity index (χ3n) is 5.40. The number of aliphatic carboxylic acids is 2. The number of fused-ring (bicyclic) bond motifs is 4. The number of nitrogens with one attached hydrogen (secondary N) is 2. The van der Waals surface area contributed by atoms with Crippen LogP contribution >= 0.6 is 0 Å². The number of aryl methyl sites for hydroxylation is 2. The molecule has 0 unspecified atom stereocenters. The monoisotopic (exact) mass is 449 g/mol. The third-order valence-corrected chi connectivity index (χ3v) is 5.40. The predicted molar refractivity (Wildman–Crippen MR) is 130 cm³/mol. The Morgan fingerprint density at radius 2 is 1.76 bits per heavy atom. The van der Waals surface area contributed by atoms with Crippen LogP contribution in [0.2, 0.25) is 0 Å². The number of carboxylic acid groups (broad SMARTS) is 2. The number of carboxylic acids is 2. The first-order chi connectivity index (χ1) is 15.8. The van der Waals surface area contributed by atoms with Crippen molar-refractivity contribution in [3.8, 4) is 5.75 Å². The van der Waals surface area contributed by atoms with Crippen LogP contribution in [0, 0.1) is 13.8 Å². The van der Waals surface area contributed by atoms with E-state index in [0.29, 0.717) is 12.2 Å². The van der Waals surface area contributed by atoms with E-state index in [9.17, 15) is 9.59 Å². The van der Waals surface area contributed by atoms with Crippen molar-refractivity contribution in [1.29, 1.82) is 0 Å². The lowest BCUT2D eigenvalue weighted by atomic mass is 9.96. The highest BCUT2D eigenvalue weighted by molar-refractivity contribution is 6.18. The van der Waals surface area contributed by atoms with Crippen LogP contribution in [0.5, 0.6) is 5.75 Å². The van der Waals surface area contributed by atoms with Crippen LogP contribution in [-0.4, -0.2) is 45.8 Å². The maximum absolute atomic E-state index is 9.55. The molecular formula is C25H27N3O5. The summed E-state index contributed by atoms with van der Waals surface area (Å²) < 4.78 is 5.44. The zero-order chi connectivity index (χ0) is 24.1. The van der Waals surface area contributed by atoms with Gasteiger partial charge >= 0.3 is 11.9 Å². The van der Waals surface area contributed by atoms with E-state index < -0.39 is 11.9 Å². The summed E-state index contributed by atoms with van der Waals surface area (Å²) in [6.07, 6.45) is 4.08. The molecule has 0 spiro atoms. The van der Waals surface area contributed by atoms with Crippen molar-refractivity contribution in [2.24, 2.45) is 0 Å². The topological polar surface area (TPSA) is 125 Å². The summed E-state index contributed by atoms with van der Waals surface area (Å²) >= 11 is 0. The van der Waals surface area contributed by atoms with Crippen LogP contribution in [0.1, 0.15) is 24.5 Å². The van der Waals surface area contributed by atoms with E-state index in [0.717, 1.165) is 30.0 Å². The number of rotatable bonds is 6. The zero-order valence-electron chi connectivity index (χ0n) is 19.0. The third kappa shape index (κ3) is 4.90. The first kappa shape index (κ1) is 23.6. The second kappa shape index (κ2) is 10.0. The lowest BCUT2D eigenvalue weighted by molar-refractivity contribution is -0.134. The van der Waals surface area contributed by atoms with Gasteiger partial charge in [0.05, 0.1) is 12.6 Å². The van der Waals surface area contributed by atoms with Crippen LogP contribution in [0.25, 0.3) is 32.6 Å². The number of methoxy groups -OCH3 is 1. The molecule has 0 aliphatic carbocycles. The van der Waals surface area contributed by atoms with Crippen LogP contribution in [-0.2, 0) is 9.59 Å². The molecule has 33 heavy (non-hydrogen) atoms. The van der Waals surface area contributed by atoms with E-state index in [2.05, 4.69) is 54.3 Å². The number of aromatic amines is 1. The van der Waals surface area contributed by atoms with Crippen molar-refractivity contribution in [2.45, 2.75) is 27.2 Å². The number of pyridine rings is 1. The van der Waals surface area contributed by atoms with Gasteiger partial charge in [0, 0.05) is 46.6 Å². The van der Waals surface area contributed by atoms with Gasteiger partial charge in [-0.15, -0.1) is 0 Å². The summed E-state index contributed by atoms with van der Waals surface area (Å²) in [5.41, 5.74) is 4.84. The Labute approximate surface area is 190 Å². The van der Waals surface area contributed by atoms with E-state index in [1.54, 1.807) is 7.11 Å². The predicted octanol–water partition coefficient (Wildman–Crippen LogP) is 5.03. The number of anilines is 1. The molecule has 0 atom stereocenters. The first-order valence-corrected chi connectivity index (χ1v) is 10.5. The Kier molecular flexibility index (Phi) is 7.17. The molecule has 0 aliphatic rings. The highest BCUT2D eigenvalue weighted by atomic mass is 16.5. The quantitative estimate of drug-likeness (QED) is 0.304. The fourth-order valence-corrected chi connectivity index (χ4v) is 3.90. The minimum atomic E-state index is -1.26.